The van der Waals surface area contributed by atoms with Gasteiger partial charge in [-0.2, -0.15) is 5.26 Å². The molecule has 1 atom stereocenters. The standard InChI is InChI=1S/C25H29N7O3/c1-30(2)20-8-10-31(16-20)24(34)19-13-21-22(27-15-19)32(9-5-11-35-3)25(28-21)29-23(33)18-7-4-6-17(12-18)14-26/h4,6-7,12-13,15,20H,5,8-11,16H2,1-3H3,(H,28,29,33)/t20-/m0/s1. The number of aryl methyl sites for hydroxylation is 1. The second kappa shape index (κ2) is 10.6. The molecule has 0 bridgehead atoms. The van der Waals surface area contributed by atoms with Gasteiger partial charge in [0.15, 0.2) is 5.65 Å². The number of methoxy groups -OCH3 is 1. The van der Waals surface area contributed by atoms with E-state index >= 15 is 0 Å². The predicted molar refractivity (Wildman–Crippen MR) is 131 cm³/mol. The highest BCUT2D eigenvalue weighted by Gasteiger charge is 2.28. The Morgan fingerprint density at radius 3 is 2.83 bits per heavy atom. The van der Waals surface area contributed by atoms with Gasteiger partial charge in [0.05, 0.1) is 17.2 Å². The maximum atomic E-state index is 13.1. The van der Waals surface area contributed by atoms with Crippen LogP contribution in [0.1, 0.15) is 39.1 Å². The number of nitrogens with one attached hydrogen (secondary N) is 1. The molecule has 1 N–H and O–H groups in total. The number of likely N-dealkylation sites (N-methyl/N-ethyl adjacent to an activating group) is 1. The smallest absolute Gasteiger partial charge is 0.258 e. The average Bonchev–Trinajstić information content (AvgIpc) is 3.49. The van der Waals surface area contributed by atoms with E-state index in [0.29, 0.717) is 72.5 Å². The van der Waals surface area contributed by atoms with Crippen molar-refractivity contribution in [1.29, 1.82) is 5.26 Å². The number of ether oxygens (including phenoxy) is 1. The van der Waals surface area contributed by atoms with Gasteiger partial charge in [-0.3, -0.25) is 19.5 Å². The summed E-state index contributed by atoms with van der Waals surface area (Å²) in [5.74, 6) is -0.125. The number of pyridine rings is 1. The van der Waals surface area contributed by atoms with Crippen LogP contribution in [-0.4, -0.2) is 83.1 Å². The van der Waals surface area contributed by atoms with Gasteiger partial charge in [0.2, 0.25) is 5.95 Å². The molecule has 1 aromatic carbocycles. The summed E-state index contributed by atoms with van der Waals surface area (Å²) in [6, 6.07) is 10.6. The van der Waals surface area contributed by atoms with E-state index in [2.05, 4.69) is 20.2 Å². The zero-order chi connectivity index (χ0) is 24.9. The van der Waals surface area contributed by atoms with Gasteiger partial charge in [0.1, 0.15) is 5.52 Å². The number of hydrogen-bond acceptors (Lipinski definition) is 7. The zero-order valence-electron chi connectivity index (χ0n) is 20.2. The highest BCUT2D eigenvalue weighted by molar-refractivity contribution is 6.04. The van der Waals surface area contributed by atoms with Crippen molar-refractivity contribution < 1.29 is 14.3 Å². The molecule has 2 aromatic heterocycles. The summed E-state index contributed by atoms with van der Waals surface area (Å²) >= 11 is 0. The number of carbonyl (C=O) groups is 2. The second-order valence-electron chi connectivity index (χ2n) is 8.80. The van der Waals surface area contributed by atoms with Crippen molar-refractivity contribution in [2.45, 2.75) is 25.4 Å². The quantitative estimate of drug-likeness (QED) is 0.497. The number of fused-ring (bicyclic) bond motifs is 1. The first-order chi connectivity index (χ1) is 16.9. The van der Waals surface area contributed by atoms with Crippen LogP contribution in [0.25, 0.3) is 11.2 Å². The molecule has 4 rings (SSSR count). The summed E-state index contributed by atoms with van der Waals surface area (Å²) in [6.45, 7) is 2.44. The number of nitriles is 1. The molecule has 3 aromatic rings. The minimum absolute atomic E-state index is 0.0726. The van der Waals surface area contributed by atoms with Gasteiger partial charge in [-0.25, -0.2) is 9.97 Å². The van der Waals surface area contributed by atoms with Gasteiger partial charge in [0.25, 0.3) is 11.8 Å². The van der Waals surface area contributed by atoms with Gasteiger partial charge in [0, 0.05) is 51.2 Å². The monoisotopic (exact) mass is 475 g/mol. The Balaban J connectivity index is 1.62. The molecule has 1 saturated heterocycles. The number of carbonyl (C=O) groups excluding carboxylic acids is 2. The van der Waals surface area contributed by atoms with Crippen LogP contribution < -0.4 is 5.32 Å². The molecular formula is C25H29N7O3. The molecule has 3 heterocycles. The van der Waals surface area contributed by atoms with Crippen molar-refractivity contribution in [3.05, 3.63) is 53.2 Å². The third kappa shape index (κ3) is 5.31. The number of rotatable bonds is 8. The Bertz CT molecular complexity index is 1280. The molecule has 182 valence electrons. The number of likely N-dealkylation sites (tertiary alicyclic amines) is 1. The van der Waals surface area contributed by atoms with Crippen molar-refractivity contribution >= 4 is 28.9 Å². The summed E-state index contributed by atoms with van der Waals surface area (Å²) in [6.07, 6.45) is 3.20. The highest BCUT2D eigenvalue weighted by atomic mass is 16.5. The number of imidazole rings is 1. The fourth-order valence-corrected chi connectivity index (χ4v) is 4.24. The molecule has 0 radical (unpaired) electrons. The summed E-state index contributed by atoms with van der Waals surface area (Å²) in [4.78, 5) is 39.1. The van der Waals surface area contributed by atoms with Crippen molar-refractivity contribution in [2.24, 2.45) is 0 Å². The predicted octanol–water partition coefficient (Wildman–Crippen LogP) is 2.37. The Morgan fingerprint density at radius 1 is 1.29 bits per heavy atom. The summed E-state index contributed by atoms with van der Waals surface area (Å²) < 4.78 is 6.99. The average molecular weight is 476 g/mol. The first-order valence-corrected chi connectivity index (χ1v) is 11.5. The van der Waals surface area contributed by atoms with E-state index in [1.807, 2.05) is 29.6 Å². The zero-order valence-corrected chi connectivity index (χ0v) is 20.2. The minimum atomic E-state index is -0.381. The first-order valence-electron chi connectivity index (χ1n) is 11.5. The fourth-order valence-electron chi connectivity index (χ4n) is 4.24. The fraction of sp³-hybridized carbons (Fsp3) is 0.400. The molecule has 35 heavy (non-hydrogen) atoms. The van der Waals surface area contributed by atoms with Crippen LogP contribution in [0.3, 0.4) is 0 Å². The van der Waals surface area contributed by atoms with Crippen LogP contribution in [0.2, 0.25) is 0 Å². The summed E-state index contributed by atoms with van der Waals surface area (Å²) in [7, 11) is 5.68. The van der Waals surface area contributed by atoms with E-state index in [9.17, 15) is 9.59 Å². The molecule has 0 spiro atoms. The lowest BCUT2D eigenvalue weighted by Gasteiger charge is -2.20. The van der Waals surface area contributed by atoms with Gasteiger partial charge in [-0.05, 0) is 51.2 Å². The van der Waals surface area contributed by atoms with Crippen LogP contribution in [0.15, 0.2) is 36.5 Å². The van der Waals surface area contributed by atoms with E-state index < -0.39 is 0 Å². The minimum Gasteiger partial charge on any atom is -0.385 e. The molecule has 0 unspecified atom stereocenters. The van der Waals surface area contributed by atoms with Crippen molar-refractivity contribution in [3.63, 3.8) is 0 Å². The molecule has 0 saturated carbocycles. The summed E-state index contributed by atoms with van der Waals surface area (Å²) in [5, 5.41) is 12.0. The lowest BCUT2D eigenvalue weighted by Crippen LogP contribution is -2.34. The second-order valence-corrected chi connectivity index (χ2v) is 8.80. The maximum Gasteiger partial charge on any atom is 0.258 e. The number of hydrogen-bond donors (Lipinski definition) is 1. The molecular weight excluding hydrogens is 446 g/mol. The van der Waals surface area contributed by atoms with Crippen LogP contribution in [0.4, 0.5) is 5.95 Å². The normalized spacial score (nSPS) is 15.5. The number of aromatic nitrogens is 3. The van der Waals surface area contributed by atoms with Crippen LogP contribution in [0, 0.1) is 11.3 Å². The van der Waals surface area contributed by atoms with Crippen LogP contribution in [0.5, 0.6) is 0 Å². The highest BCUT2D eigenvalue weighted by Crippen LogP contribution is 2.23. The lowest BCUT2D eigenvalue weighted by molar-refractivity contribution is 0.0782. The molecule has 1 fully saturated rings. The van der Waals surface area contributed by atoms with Crippen LogP contribution >= 0.6 is 0 Å². The van der Waals surface area contributed by atoms with Crippen LogP contribution in [-0.2, 0) is 11.3 Å². The Morgan fingerprint density at radius 2 is 2.11 bits per heavy atom. The molecule has 0 aliphatic carbocycles. The Kier molecular flexibility index (Phi) is 7.39. The molecule has 10 heteroatoms. The van der Waals surface area contributed by atoms with Crippen molar-refractivity contribution in [3.8, 4) is 6.07 Å². The lowest BCUT2D eigenvalue weighted by atomic mass is 10.1. The van der Waals surface area contributed by atoms with E-state index in [1.54, 1.807) is 37.6 Å². The third-order valence-electron chi connectivity index (χ3n) is 6.22. The van der Waals surface area contributed by atoms with Gasteiger partial charge in [-0.1, -0.05) is 6.07 Å². The van der Waals surface area contributed by atoms with Crippen molar-refractivity contribution in [2.75, 3.05) is 46.2 Å². The number of nitrogens with zero attached hydrogens (tertiary/aromatic N) is 6. The van der Waals surface area contributed by atoms with E-state index in [4.69, 9.17) is 10.00 Å². The van der Waals surface area contributed by atoms with Crippen molar-refractivity contribution in [1.82, 2.24) is 24.3 Å². The number of anilines is 1. The number of amides is 2. The van der Waals surface area contributed by atoms with E-state index in [0.717, 1.165) is 6.42 Å². The van der Waals surface area contributed by atoms with Gasteiger partial charge >= 0.3 is 0 Å². The topological polar surface area (TPSA) is 116 Å². The van der Waals surface area contributed by atoms with Gasteiger partial charge < -0.3 is 14.5 Å². The maximum absolute atomic E-state index is 13.1. The van der Waals surface area contributed by atoms with E-state index in [-0.39, 0.29) is 11.8 Å². The SMILES string of the molecule is COCCCn1c(NC(=O)c2cccc(C#N)c2)nc2cc(C(=O)N3CC[C@H](N(C)C)C3)cnc21. The molecule has 2 amide bonds. The van der Waals surface area contributed by atoms with Gasteiger partial charge in [-0.15, -0.1) is 0 Å². The first kappa shape index (κ1) is 24.3. The molecule has 1 aliphatic heterocycles. The summed E-state index contributed by atoms with van der Waals surface area (Å²) in [5.41, 5.74) is 2.32. The molecule has 1 aliphatic rings. The third-order valence-corrected chi connectivity index (χ3v) is 6.22. The molecule has 10 nitrogen and oxygen atoms in total. The Hall–Kier alpha value is -3.81. The largest absolute Gasteiger partial charge is 0.385 e. The van der Waals surface area contributed by atoms with E-state index in [1.165, 1.54) is 6.07 Å². The number of benzene rings is 1. The Labute approximate surface area is 204 Å².